The smallest absolute Gasteiger partial charge is 0.241 e. The average Bonchev–Trinajstić information content (AvgIpc) is 2.99. The van der Waals surface area contributed by atoms with Crippen LogP contribution in [0.5, 0.6) is 0 Å². The van der Waals surface area contributed by atoms with Gasteiger partial charge in [0.1, 0.15) is 6.54 Å². The Morgan fingerprint density at radius 3 is 3.07 bits per heavy atom. The molecule has 2 N–H and O–H groups in total. The highest BCUT2D eigenvalue weighted by molar-refractivity contribution is 8.13. The summed E-state index contributed by atoms with van der Waals surface area (Å²) in [5, 5.41) is 7.11. The fourth-order valence-electron chi connectivity index (χ4n) is 1.39. The molecule has 15 heavy (non-hydrogen) atoms. The molecule has 1 amide bonds. The number of hydrogen-bond acceptors (Lipinski definition) is 3. The van der Waals surface area contributed by atoms with E-state index >= 15 is 0 Å². The van der Waals surface area contributed by atoms with Crippen LogP contribution in [0.25, 0.3) is 0 Å². The highest BCUT2D eigenvalue weighted by atomic mass is 32.2. The molecule has 1 atom stereocenters. The molecule has 1 saturated heterocycles. The van der Waals surface area contributed by atoms with Crippen molar-refractivity contribution in [3.63, 3.8) is 0 Å². The van der Waals surface area contributed by atoms with Crippen LogP contribution in [-0.2, 0) is 4.79 Å². The van der Waals surface area contributed by atoms with E-state index in [2.05, 4.69) is 22.5 Å². The summed E-state index contributed by atoms with van der Waals surface area (Å²) in [6.45, 7) is 2.40. The van der Waals surface area contributed by atoms with Gasteiger partial charge < -0.3 is 10.6 Å². The molecule has 2 aliphatic rings. The maximum atomic E-state index is 11.4. The molecule has 1 aliphatic heterocycles. The number of hydrogen-bond donors (Lipinski definition) is 2. The van der Waals surface area contributed by atoms with Crippen LogP contribution in [0.3, 0.4) is 0 Å². The first-order chi connectivity index (χ1) is 7.24. The lowest BCUT2D eigenvalue weighted by molar-refractivity contribution is -0.119. The molecule has 0 spiro atoms. The van der Waals surface area contributed by atoms with Crippen LogP contribution < -0.4 is 10.6 Å². The zero-order chi connectivity index (χ0) is 10.7. The van der Waals surface area contributed by atoms with Crippen molar-refractivity contribution in [3.8, 4) is 0 Å². The zero-order valence-corrected chi connectivity index (χ0v) is 9.77. The molecule has 0 radical (unpaired) electrons. The Bertz CT molecular complexity index is 276. The monoisotopic (exact) mass is 227 g/mol. The number of nitrogens with one attached hydrogen (secondary N) is 2. The van der Waals surface area contributed by atoms with Gasteiger partial charge in [0.25, 0.3) is 0 Å². The summed E-state index contributed by atoms with van der Waals surface area (Å²) >= 11 is 1.70. The normalized spacial score (nSPS) is 28.6. The summed E-state index contributed by atoms with van der Waals surface area (Å²) in [6.07, 6.45) is 3.43. The van der Waals surface area contributed by atoms with Gasteiger partial charge in [0.15, 0.2) is 5.17 Å². The van der Waals surface area contributed by atoms with Gasteiger partial charge in [-0.1, -0.05) is 11.8 Å². The van der Waals surface area contributed by atoms with Gasteiger partial charge in [-0.05, 0) is 26.2 Å². The number of nitrogens with zero attached hydrogens (tertiary/aromatic N) is 1. The molecular formula is C10H17N3OS. The first-order valence-electron chi connectivity index (χ1n) is 5.47. The van der Waals surface area contributed by atoms with Gasteiger partial charge in [0.2, 0.25) is 5.91 Å². The van der Waals surface area contributed by atoms with Crippen molar-refractivity contribution in [2.24, 2.45) is 4.99 Å². The van der Waals surface area contributed by atoms with Gasteiger partial charge >= 0.3 is 0 Å². The van der Waals surface area contributed by atoms with Crippen LogP contribution in [0, 0.1) is 0 Å². The number of amides is 1. The molecule has 1 unspecified atom stereocenters. The molecule has 0 aromatic carbocycles. The molecule has 84 valence electrons. The summed E-state index contributed by atoms with van der Waals surface area (Å²) in [5.74, 6) is 1.14. The van der Waals surface area contributed by atoms with E-state index in [4.69, 9.17) is 0 Å². The Hall–Kier alpha value is -0.710. The fraction of sp³-hybridized carbons (Fsp3) is 0.800. The van der Waals surface area contributed by atoms with Gasteiger partial charge in [0, 0.05) is 17.8 Å². The van der Waals surface area contributed by atoms with E-state index in [-0.39, 0.29) is 12.5 Å². The quantitative estimate of drug-likeness (QED) is 0.747. The maximum absolute atomic E-state index is 11.4. The number of carbonyl (C=O) groups excluding carboxylic acids is 1. The van der Waals surface area contributed by atoms with Crippen molar-refractivity contribution in [2.75, 3.05) is 12.3 Å². The summed E-state index contributed by atoms with van der Waals surface area (Å²) in [7, 11) is 0. The number of amidine groups is 1. The number of aliphatic imine (C=N–C) groups is 1. The van der Waals surface area contributed by atoms with Crippen LogP contribution in [0.4, 0.5) is 0 Å². The van der Waals surface area contributed by atoms with Crippen molar-refractivity contribution in [1.82, 2.24) is 10.6 Å². The second-order valence-corrected chi connectivity index (χ2v) is 5.23. The standard InChI is InChI=1S/C10H17N3OS/c1-7-4-5-15-10(12-7)11-6-9(14)13-8-2-3-8/h7-8H,2-6H2,1H3,(H,11,12)(H,13,14). The van der Waals surface area contributed by atoms with Crippen molar-refractivity contribution in [2.45, 2.75) is 38.3 Å². The molecule has 1 aliphatic carbocycles. The third kappa shape index (κ3) is 3.74. The van der Waals surface area contributed by atoms with Crippen LogP contribution in [0.2, 0.25) is 0 Å². The molecule has 0 bridgehead atoms. The van der Waals surface area contributed by atoms with Crippen LogP contribution in [-0.4, -0.2) is 35.5 Å². The molecule has 4 nitrogen and oxygen atoms in total. The Morgan fingerprint density at radius 2 is 2.40 bits per heavy atom. The minimum absolute atomic E-state index is 0.0469. The summed E-state index contributed by atoms with van der Waals surface area (Å²) in [4.78, 5) is 15.6. The average molecular weight is 227 g/mol. The predicted octanol–water partition coefficient (Wildman–Crippen LogP) is 0.736. The van der Waals surface area contributed by atoms with Crippen LogP contribution in [0.1, 0.15) is 26.2 Å². The molecular weight excluding hydrogens is 210 g/mol. The summed E-state index contributed by atoms with van der Waals surface area (Å²) < 4.78 is 0. The van der Waals surface area contributed by atoms with E-state index in [1.165, 1.54) is 0 Å². The van der Waals surface area contributed by atoms with E-state index in [0.717, 1.165) is 30.2 Å². The molecule has 0 aromatic heterocycles. The predicted molar refractivity (Wildman–Crippen MR) is 63.1 cm³/mol. The third-order valence-electron chi connectivity index (χ3n) is 2.47. The van der Waals surface area contributed by atoms with Crippen molar-refractivity contribution in [3.05, 3.63) is 0 Å². The minimum atomic E-state index is 0.0469. The lowest BCUT2D eigenvalue weighted by Crippen LogP contribution is -2.36. The van der Waals surface area contributed by atoms with E-state index in [1.807, 2.05) is 0 Å². The highest BCUT2D eigenvalue weighted by Gasteiger charge is 2.23. The topological polar surface area (TPSA) is 53.5 Å². The highest BCUT2D eigenvalue weighted by Crippen LogP contribution is 2.18. The molecule has 0 aromatic rings. The summed E-state index contributed by atoms with van der Waals surface area (Å²) in [6, 6.07) is 0.917. The summed E-state index contributed by atoms with van der Waals surface area (Å²) in [5.41, 5.74) is 0. The second kappa shape index (κ2) is 4.88. The van der Waals surface area contributed by atoms with Crippen LogP contribution in [0.15, 0.2) is 4.99 Å². The first kappa shape index (κ1) is 10.8. The Balaban J connectivity index is 1.73. The Morgan fingerprint density at radius 1 is 1.60 bits per heavy atom. The fourth-order valence-corrected chi connectivity index (χ4v) is 2.50. The van der Waals surface area contributed by atoms with E-state index < -0.39 is 0 Å². The lowest BCUT2D eigenvalue weighted by atomic mass is 10.3. The van der Waals surface area contributed by atoms with E-state index in [1.54, 1.807) is 11.8 Å². The molecule has 2 fully saturated rings. The largest absolute Gasteiger partial charge is 0.362 e. The maximum Gasteiger partial charge on any atom is 0.241 e. The Labute approximate surface area is 94.3 Å². The number of rotatable bonds is 3. The third-order valence-corrected chi connectivity index (χ3v) is 3.43. The van der Waals surface area contributed by atoms with Crippen molar-refractivity contribution in [1.29, 1.82) is 0 Å². The number of thioether (sulfide) groups is 1. The van der Waals surface area contributed by atoms with Gasteiger partial charge in [0.05, 0.1) is 0 Å². The van der Waals surface area contributed by atoms with Gasteiger partial charge in [-0.2, -0.15) is 0 Å². The SMILES string of the molecule is CC1CCSC(=NCC(=O)NC2CC2)N1. The molecule has 1 saturated carbocycles. The zero-order valence-electron chi connectivity index (χ0n) is 8.95. The van der Waals surface area contributed by atoms with E-state index in [0.29, 0.717) is 12.1 Å². The second-order valence-electron chi connectivity index (χ2n) is 4.15. The molecule has 1 heterocycles. The van der Waals surface area contributed by atoms with Crippen LogP contribution >= 0.6 is 11.8 Å². The molecule has 5 heteroatoms. The lowest BCUT2D eigenvalue weighted by Gasteiger charge is -2.21. The Kier molecular flexibility index (Phi) is 3.51. The van der Waals surface area contributed by atoms with Gasteiger partial charge in [-0.25, -0.2) is 0 Å². The van der Waals surface area contributed by atoms with E-state index in [9.17, 15) is 4.79 Å². The van der Waals surface area contributed by atoms with Gasteiger partial charge in [-0.3, -0.25) is 9.79 Å². The first-order valence-corrected chi connectivity index (χ1v) is 6.46. The molecule has 2 rings (SSSR count). The number of carbonyl (C=O) groups is 1. The minimum Gasteiger partial charge on any atom is -0.362 e. The van der Waals surface area contributed by atoms with Gasteiger partial charge in [-0.15, -0.1) is 0 Å². The van der Waals surface area contributed by atoms with Crippen molar-refractivity contribution < 1.29 is 4.79 Å². The van der Waals surface area contributed by atoms with Crippen molar-refractivity contribution >= 4 is 22.8 Å².